The minimum atomic E-state index is 0.00386. The molecule has 3 fully saturated rings. The van der Waals surface area contributed by atoms with Crippen LogP contribution in [0.5, 0.6) is 0 Å². The molecular weight excluding hydrogens is 320 g/mol. The summed E-state index contributed by atoms with van der Waals surface area (Å²) in [5.74, 6) is 0.782. The lowest BCUT2D eigenvalue weighted by atomic mass is 9.69. The van der Waals surface area contributed by atoms with Gasteiger partial charge in [-0.1, -0.05) is 26.7 Å². The van der Waals surface area contributed by atoms with Crippen molar-refractivity contribution in [3.63, 3.8) is 0 Å². The number of nitrogens with one attached hydrogen (secondary N) is 1. The smallest absolute Gasteiger partial charge is 0.246 e. The summed E-state index contributed by atoms with van der Waals surface area (Å²) in [6, 6.07) is 0.00386. The first-order valence-corrected chi connectivity index (χ1v) is 10.1. The minimum Gasteiger partial charge on any atom is -0.313 e. The standard InChI is InChI=1S/C18H28N4OS/c1-18(2)6-4-3-5-13(18)16-20-12-15(24-16)22-10-9-21-8-7-19-11-14(21)17(22)23/h12-14,19H,3-11H2,1-2H3/t13-,14-/m1/s1. The van der Waals surface area contributed by atoms with Crippen LogP contribution in [0.25, 0.3) is 0 Å². The Bertz CT molecular complexity index is 614. The molecule has 1 saturated carbocycles. The lowest BCUT2D eigenvalue weighted by molar-refractivity contribution is -0.126. The van der Waals surface area contributed by atoms with Crippen molar-refractivity contribution in [2.24, 2.45) is 5.41 Å². The molecule has 5 nitrogen and oxygen atoms in total. The molecule has 24 heavy (non-hydrogen) atoms. The number of rotatable bonds is 2. The van der Waals surface area contributed by atoms with Crippen LogP contribution in [0.1, 0.15) is 50.5 Å². The van der Waals surface area contributed by atoms with E-state index in [9.17, 15) is 4.79 Å². The minimum absolute atomic E-state index is 0.00386. The molecule has 2 aliphatic heterocycles. The molecule has 1 aromatic heterocycles. The first-order valence-electron chi connectivity index (χ1n) is 9.28. The van der Waals surface area contributed by atoms with Crippen LogP contribution in [-0.4, -0.2) is 54.6 Å². The van der Waals surface area contributed by atoms with E-state index in [2.05, 4.69) is 24.1 Å². The summed E-state index contributed by atoms with van der Waals surface area (Å²) in [7, 11) is 0. The van der Waals surface area contributed by atoms with Gasteiger partial charge in [0, 0.05) is 38.6 Å². The second-order valence-electron chi connectivity index (χ2n) is 8.07. The Hall–Kier alpha value is -0.980. The quantitative estimate of drug-likeness (QED) is 0.892. The number of anilines is 1. The van der Waals surface area contributed by atoms with E-state index in [4.69, 9.17) is 4.98 Å². The van der Waals surface area contributed by atoms with E-state index in [0.717, 1.165) is 37.7 Å². The monoisotopic (exact) mass is 348 g/mol. The molecule has 3 aliphatic rings. The number of hydrogen-bond donors (Lipinski definition) is 1. The zero-order chi connectivity index (χ0) is 16.7. The zero-order valence-corrected chi connectivity index (χ0v) is 15.6. The molecule has 1 amide bonds. The highest BCUT2D eigenvalue weighted by atomic mass is 32.1. The van der Waals surface area contributed by atoms with Gasteiger partial charge >= 0.3 is 0 Å². The maximum Gasteiger partial charge on any atom is 0.246 e. The number of amides is 1. The number of carbonyl (C=O) groups excluding carboxylic acids is 1. The van der Waals surface area contributed by atoms with Crippen molar-refractivity contribution in [1.82, 2.24) is 15.2 Å². The van der Waals surface area contributed by atoms with Gasteiger partial charge in [-0.05, 0) is 18.3 Å². The lowest BCUT2D eigenvalue weighted by Gasteiger charge is -2.42. The first-order chi connectivity index (χ1) is 11.6. The Balaban J connectivity index is 1.53. The van der Waals surface area contributed by atoms with E-state index in [1.807, 2.05) is 11.1 Å². The van der Waals surface area contributed by atoms with E-state index in [0.29, 0.717) is 11.3 Å². The van der Waals surface area contributed by atoms with E-state index in [-0.39, 0.29) is 11.9 Å². The van der Waals surface area contributed by atoms with Crippen molar-refractivity contribution in [2.45, 2.75) is 51.5 Å². The maximum absolute atomic E-state index is 12.9. The van der Waals surface area contributed by atoms with Gasteiger partial charge in [-0.15, -0.1) is 11.3 Å². The largest absolute Gasteiger partial charge is 0.313 e. The molecular formula is C18H28N4OS. The summed E-state index contributed by atoms with van der Waals surface area (Å²) in [6.45, 7) is 9.26. The fourth-order valence-corrected chi connectivity index (χ4v) is 5.81. The lowest BCUT2D eigenvalue weighted by Crippen LogP contribution is -2.64. The molecule has 3 heterocycles. The first kappa shape index (κ1) is 16.5. The Kier molecular flexibility index (Phi) is 4.39. The second kappa shape index (κ2) is 6.39. The van der Waals surface area contributed by atoms with Crippen LogP contribution in [0.3, 0.4) is 0 Å². The van der Waals surface area contributed by atoms with Gasteiger partial charge in [0.2, 0.25) is 5.91 Å². The topological polar surface area (TPSA) is 48.5 Å². The van der Waals surface area contributed by atoms with Gasteiger partial charge in [-0.2, -0.15) is 0 Å². The summed E-state index contributed by atoms with van der Waals surface area (Å²) in [5, 5.41) is 5.62. The van der Waals surface area contributed by atoms with Gasteiger partial charge in [0.05, 0.1) is 11.2 Å². The average molecular weight is 349 g/mol. The van der Waals surface area contributed by atoms with Gasteiger partial charge in [-0.3, -0.25) is 14.6 Å². The highest BCUT2D eigenvalue weighted by Crippen LogP contribution is 2.48. The fraction of sp³-hybridized carbons (Fsp3) is 0.778. The summed E-state index contributed by atoms with van der Waals surface area (Å²) >= 11 is 1.75. The molecule has 0 spiro atoms. The van der Waals surface area contributed by atoms with E-state index >= 15 is 0 Å². The highest BCUT2D eigenvalue weighted by molar-refractivity contribution is 7.16. The molecule has 1 aromatic rings. The molecule has 1 aliphatic carbocycles. The van der Waals surface area contributed by atoms with Crippen molar-refractivity contribution >= 4 is 22.2 Å². The molecule has 0 bridgehead atoms. The SMILES string of the molecule is CC1(C)CCCC[C@@H]1c1ncc(N2CCN3CCNC[C@@H]3C2=O)s1. The molecule has 2 atom stereocenters. The van der Waals surface area contributed by atoms with Crippen LogP contribution in [0.15, 0.2) is 6.20 Å². The third-order valence-electron chi connectivity index (χ3n) is 6.10. The summed E-state index contributed by atoms with van der Waals surface area (Å²) < 4.78 is 0. The van der Waals surface area contributed by atoms with E-state index < -0.39 is 0 Å². The van der Waals surface area contributed by atoms with Crippen LogP contribution in [0.2, 0.25) is 0 Å². The van der Waals surface area contributed by atoms with Gasteiger partial charge in [0.25, 0.3) is 0 Å². The Labute approximate surface area is 148 Å². The Morgan fingerprint density at radius 1 is 1.29 bits per heavy atom. The van der Waals surface area contributed by atoms with E-state index in [1.54, 1.807) is 11.3 Å². The summed E-state index contributed by atoms with van der Waals surface area (Å²) in [5.41, 5.74) is 0.323. The molecule has 1 N–H and O–H groups in total. The number of thiazole rings is 1. The summed E-state index contributed by atoms with van der Waals surface area (Å²) in [4.78, 5) is 21.9. The predicted octanol–water partition coefficient (Wildman–Crippen LogP) is 2.45. The van der Waals surface area contributed by atoms with Crippen LogP contribution < -0.4 is 10.2 Å². The van der Waals surface area contributed by atoms with Gasteiger partial charge in [-0.25, -0.2) is 4.98 Å². The fourth-order valence-electron chi connectivity index (χ4n) is 4.51. The zero-order valence-electron chi connectivity index (χ0n) is 14.8. The van der Waals surface area contributed by atoms with Crippen molar-refractivity contribution in [2.75, 3.05) is 37.6 Å². The molecule has 6 heteroatoms. The van der Waals surface area contributed by atoms with Crippen LogP contribution in [0, 0.1) is 5.41 Å². The van der Waals surface area contributed by atoms with Crippen molar-refractivity contribution in [3.8, 4) is 0 Å². The molecule has 0 radical (unpaired) electrons. The summed E-state index contributed by atoms with van der Waals surface area (Å²) in [6.07, 6.45) is 7.08. The number of fused-ring (bicyclic) bond motifs is 1. The van der Waals surface area contributed by atoms with Crippen molar-refractivity contribution in [3.05, 3.63) is 11.2 Å². The number of aromatic nitrogens is 1. The second-order valence-corrected chi connectivity index (χ2v) is 9.11. The van der Waals surface area contributed by atoms with Gasteiger partial charge in [0.1, 0.15) is 11.0 Å². The molecule has 132 valence electrons. The number of piperazine rings is 2. The Morgan fingerprint density at radius 3 is 3.00 bits per heavy atom. The third kappa shape index (κ3) is 2.89. The number of carbonyl (C=O) groups is 1. The predicted molar refractivity (Wildman–Crippen MR) is 97.7 cm³/mol. The third-order valence-corrected chi connectivity index (χ3v) is 7.23. The Morgan fingerprint density at radius 2 is 2.17 bits per heavy atom. The number of hydrogen-bond acceptors (Lipinski definition) is 5. The van der Waals surface area contributed by atoms with Crippen LogP contribution in [-0.2, 0) is 4.79 Å². The molecule has 4 rings (SSSR count). The van der Waals surface area contributed by atoms with Gasteiger partial charge < -0.3 is 5.32 Å². The van der Waals surface area contributed by atoms with Crippen molar-refractivity contribution in [1.29, 1.82) is 0 Å². The van der Waals surface area contributed by atoms with E-state index in [1.165, 1.54) is 30.7 Å². The van der Waals surface area contributed by atoms with Crippen LogP contribution >= 0.6 is 11.3 Å². The highest BCUT2D eigenvalue weighted by Gasteiger charge is 2.39. The molecule has 0 unspecified atom stereocenters. The van der Waals surface area contributed by atoms with Crippen molar-refractivity contribution < 1.29 is 4.79 Å². The maximum atomic E-state index is 12.9. The van der Waals surface area contributed by atoms with Gasteiger partial charge in [0.15, 0.2) is 0 Å². The number of nitrogens with zero attached hydrogens (tertiary/aromatic N) is 3. The normalized spacial score (nSPS) is 31.1. The molecule has 2 saturated heterocycles. The van der Waals surface area contributed by atoms with Crippen LogP contribution in [0.4, 0.5) is 5.00 Å². The molecule has 0 aromatic carbocycles. The average Bonchev–Trinajstić information content (AvgIpc) is 3.04.